The number of sulfonamides is 1. The number of carbonyl (C=O) groups is 3. The summed E-state index contributed by atoms with van der Waals surface area (Å²) in [4.78, 5) is 44.0. The van der Waals surface area contributed by atoms with Gasteiger partial charge in [0.1, 0.15) is 18.3 Å². The molecule has 1 aromatic heterocycles. The van der Waals surface area contributed by atoms with Gasteiger partial charge in [0.05, 0.1) is 32.1 Å². The Labute approximate surface area is 280 Å². The molecule has 0 bridgehead atoms. The Morgan fingerprint density at radius 2 is 1.81 bits per heavy atom. The topological polar surface area (TPSA) is 173 Å². The standard InChI is InChI=1S/C31H29Cl2FN6O6S/c32-24-14-36-15-25(33)28(24)30(42)37-21-6-4-18(5-7-21)11-26(31(43)44)38-29(41)27-12-22(39-9-8-20(34)16-39)17-40(27)47(45,46)23-3-1-2-19(10-23)13-35/h1-7,10,14-15,20,22,26-27H,8-9,11-12,16-17H2,(H,37,42)(H,38,41)(H,43,44)/t20-,22-,26+,27?/m1/s1. The van der Waals surface area contributed by atoms with Crippen LogP contribution in [0.25, 0.3) is 0 Å². The van der Waals surface area contributed by atoms with Crippen LogP contribution in [0, 0.1) is 11.3 Å². The number of nitrogens with one attached hydrogen (secondary N) is 2. The number of benzene rings is 2. The molecule has 2 amide bonds. The fourth-order valence-electron chi connectivity index (χ4n) is 5.74. The zero-order valence-electron chi connectivity index (χ0n) is 24.6. The first-order chi connectivity index (χ1) is 22.4. The van der Waals surface area contributed by atoms with Crippen molar-refractivity contribution in [3.63, 3.8) is 0 Å². The summed E-state index contributed by atoms with van der Waals surface area (Å²) in [7, 11) is -4.30. The molecule has 3 N–H and O–H groups in total. The summed E-state index contributed by atoms with van der Waals surface area (Å²) >= 11 is 12.1. The zero-order chi connectivity index (χ0) is 33.9. The van der Waals surface area contributed by atoms with Crippen LogP contribution in [0.1, 0.15) is 34.3 Å². The number of aliphatic carboxylic acids is 1. The van der Waals surface area contributed by atoms with E-state index in [-0.39, 0.29) is 52.0 Å². The number of carboxylic acids is 1. The van der Waals surface area contributed by atoms with Crippen molar-refractivity contribution in [3.8, 4) is 6.07 Å². The second-order valence-electron chi connectivity index (χ2n) is 11.2. The summed E-state index contributed by atoms with van der Waals surface area (Å²) in [6.45, 7) is 0.396. The summed E-state index contributed by atoms with van der Waals surface area (Å²) in [5.74, 6) is -2.73. The van der Waals surface area contributed by atoms with Crippen LogP contribution in [0.5, 0.6) is 0 Å². The van der Waals surface area contributed by atoms with E-state index in [0.29, 0.717) is 24.2 Å². The van der Waals surface area contributed by atoms with E-state index in [2.05, 4.69) is 15.6 Å². The molecular formula is C31H29Cl2FN6O6S. The number of alkyl halides is 1. The number of aromatic nitrogens is 1. The van der Waals surface area contributed by atoms with Gasteiger partial charge in [0.2, 0.25) is 15.9 Å². The first-order valence-electron chi connectivity index (χ1n) is 14.5. The number of rotatable bonds is 10. The number of carboxylic acid groups (broad SMARTS) is 1. The van der Waals surface area contributed by atoms with E-state index in [9.17, 15) is 37.6 Å². The third-order valence-electron chi connectivity index (χ3n) is 8.13. The fourth-order valence-corrected chi connectivity index (χ4v) is 7.96. The number of halogens is 3. The molecule has 16 heteroatoms. The smallest absolute Gasteiger partial charge is 0.326 e. The van der Waals surface area contributed by atoms with Crippen LogP contribution >= 0.6 is 23.2 Å². The number of hydrogen-bond acceptors (Lipinski definition) is 8. The number of amides is 2. The average Bonchev–Trinajstić information content (AvgIpc) is 3.69. The van der Waals surface area contributed by atoms with Crippen LogP contribution in [0.15, 0.2) is 65.8 Å². The van der Waals surface area contributed by atoms with E-state index < -0.39 is 52.1 Å². The molecule has 12 nitrogen and oxygen atoms in total. The van der Waals surface area contributed by atoms with Gasteiger partial charge in [-0.2, -0.15) is 9.57 Å². The molecular weight excluding hydrogens is 674 g/mol. The lowest BCUT2D eigenvalue weighted by molar-refractivity contribution is -0.142. The minimum Gasteiger partial charge on any atom is -0.480 e. The highest BCUT2D eigenvalue weighted by atomic mass is 35.5. The number of likely N-dealkylation sites (tertiary alicyclic amines) is 1. The van der Waals surface area contributed by atoms with Gasteiger partial charge >= 0.3 is 5.97 Å². The Kier molecular flexibility index (Phi) is 10.4. The molecule has 2 fully saturated rings. The second kappa shape index (κ2) is 14.3. The Hall–Kier alpha value is -4.13. The lowest BCUT2D eigenvalue weighted by Gasteiger charge is -2.25. The van der Waals surface area contributed by atoms with Gasteiger partial charge in [0, 0.05) is 50.2 Å². The van der Waals surface area contributed by atoms with Crippen molar-refractivity contribution in [2.24, 2.45) is 0 Å². The fraction of sp³-hybridized carbons (Fsp3) is 0.323. The molecule has 0 saturated carbocycles. The van der Waals surface area contributed by atoms with E-state index in [0.717, 1.165) is 4.31 Å². The molecule has 2 aromatic carbocycles. The van der Waals surface area contributed by atoms with Crippen LogP contribution in [-0.2, 0) is 26.0 Å². The number of nitrogens with zero attached hydrogens (tertiary/aromatic N) is 4. The molecule has 0 spiro atoms. The van der Waals surface area contributed by atoms with Crippen molar-refractivity contribution >= 4 is 56.7 Å². The Bertz CT molecular complexity index is 1820. The Balaban J connectivity index is 1.32. The maximum absolute atomic E-state index is 14.0. The molecule has 2 saturated heterocycles. The third kappa shape index (κ3) is 7.72. The Morgan fingerprint density at radius 1 is 1.11 bits per heavy atom. The molecule has 246 valence electrons. The largest absolute Gasteiger partial charge is 0.480 e. The van der Waals surface area contributed by atoms with Gasteiger partial charge in [-0.15, -0.1) is 0 Å². The summed E-state index contributed by atoms with van der Waals surface area (Å²) in [5.41, 5.74) is 1.03. The number of hydrogen-bond donors (Lipinski definition) is 3. The van der Waals surface area contributed by atoms with E-state index in [1.54, 1.807) is 17.0 Å². The van der Waals surface area contributed by atoms with Crippen molar-refractivity contribution < 1.29 is 32.3 Å². The van der Waals surface area contributed by atoms with Gasteiger partial charge in [-0.25, -0.2) is 17.6 Å². The van der Waals surface area contributed by atoms with Crippen LogP contribution < -0.4 is 10.6 Å². The summed E-state index contributed by atoms with van der Waals surface area (Å²) < 4.78 is 42.6. The van der Waals surface area contributed by atoms with Gasteiger partial charge in [0.25, 0.3) is 5.91 Å². The first kappa shape index (κ1) is 34.2. The highest BCUT2D eigenvalue weighted by Crippen LogP contribution is 2.32. The highest BCUT2D eigenvalue weighted by Gasteiger charge is 2.47. The number of carbonyl (C=O) groups excluding carboxylic acids is 2. The number of pyridine rings is 1. The predicted octanol–water partition coefficient (Wildman–Crippen LogP) is 3.50. The number of anilines is 1. The lowest BCUT2D eigenvalue weighted by atomic mass is 10.0. The van der Waals surface area contributed by atoms with E-state index >= 15 is 0 Å². The van der Waals surface area contributed by atoms with Crippen LogP contribution in [0.3, 0.4) is 0 Å². The van der Waals surface area contributed by atoms with E-state index in [1.165, 1.54) is 48.8 Å². The summed E-state index contributed by atoms with van der Waals surface area (Å²) in [6, 6.07) is 10.3. The van der Waals surface area contributed by atoms with Crippen molar-refractivity contribution in [1.29, 1.82) is 5.26 Å². The molecule has 5 rings (SSSR count). The summed E-state index contributed by atoms with van der Waals surface area (Å²) in [5, 5.41) is 24.5. The number of nitriles is 1. The van der Waals surface area contributed by atoms with E-state index in [1.807, 2.05) is 6.07 Å². The second-order valence-corrected chi connectivity index (χ2v) is 13.9. The van der Waals surface area contributed by atoms with Crippen molar-refractivity contribution in [2.75, 3.05) is 25.0 Å². The van der Waals surface area contributed by atoms with Crippen LogP contribution in [0.4, 0.5) is 10.1 Å². The maximum atomic E-state index is 14.0. The monoisotopic (exact) mass is 702 g/mol. The first-order valence-corrected chi connectivity index (χ1v) is 16.7. The van der Waals surface area contributed by atoms with E-state index in [4.69, 9.17) is 23.2 Å². The van der Waals surface area contributed by atoms with Crippen molar-refractivity contribution in [1.82, 2.24) is 19.5 Å². The Morgan fingerprint density at radius 3 is 2.43 bits per heavy atom. The molecule has 4 atom stereocenters. The minimum atomic E-state index is -4.30. The molecule has 3 heterocycles. The molecule has 2 aliphatic heterocycles. The quantitative estimate of drug-likeness (QED) is 0.286. The van der Waals surface area contributed by atoms with Crippen molar-refractivity contribution in [2.45, 2.75) is 48.5 Å². The zero-order valence-corrected chi connectivity index (χ0v) is 27.0. The van der Waals surface area contributed by atoms with Gasteiger partial charge in [-0.05, 0) is 48.7 Å². The summed E-state index contributed by atoms with van der Waals surface area (Å²) in [6.07, 6.45) is 1.66. The molecule has 0 radical (unpaired) electrons. The third-order valence-corrected chi connectivity index (χ3v) is 10.6. The average molecular weight is 704 g/mol. The molecule has 47 heavy (non-hydrogen) atoms. The lowest BCUT2D eigenvalue weighted by Crippen LogP contribution is -2.51. The normalized spacial score (nSPS) is 20.8. The van der Waals surface area contributed by atoms with Gasteiger partial charge in [-0.1, -0.05) is 41.4 Å². The SMILES string of the molecule is N#Cc1cccc(S(=O)(=O)N2C[C@H](N3CC[C@@H](F)C3)CC2C(=O)N[C@@H](Cc2ccc(NC(=O)c3c(Cl)cncc3Cl)cc2)C(=O)O)c1. The van der Waals surface area contributed by atoms with Crippen molar-refractivity contribution in [3.05, 3.63) is 87.7 Å². The molecule has 3 aromatic rings. The molecule has 2 aliphatic rings. The van der Waals surface area contributed by atoms with Crippen LogP contribution in [0.2, 0.25) is 10.0 Å². The highest BCUT2D eigenvalue weighted by molar-refractivity contribution is 7.89. The maximum Gasteiger partial charge on any atom is 0.326 e. The minimum absolute atomic E-state index is 0.0297. The van der Waals surface area contributed by atoms with Gasteiger partial charge < -0.3 is 15.7 Å². The predicted molar refractivity (Wildman–Crippen MR) is 170 cm³/mol. The molecule has 0 aliphatic carbocycles. The van der Waals surface area contributed by atoms with Gasteiger partial charge in [0.15, 0.2) is 0 Å². The van der Waals surface area contributed by atoms with Gasteiger partial charge in [-0.3, -0.25) is 19.5 Å². The molecule has 1 unspecified atom stereocenters. The van der Waals surface area contributed by atoms with Crippen LogP contribution in [-0.4, -0.2) is 89.4 Å².